The van der Waals surface area contributed by atoms with Gasteiger partial charge in [0, 0.05) is 12.8 Å². The molecule has 1 N–H and O–H groups in total. The quantitative estimate of drug-likeness (QED) is 0.0375. The Labute approximate surface area is 394 Å². The van der Waals surface area contributed by atoms with Crippen molar-refractivity contribution in [1.82, 2.24) is 0 Å². The average molecular weight is 883 g/mol. The number of ether oxygens (including phenoxy) is 2. The number of rotatable bonds is 45. The minimum absolute atomic E-state index is 0.0918. The smallest absolute Gasteiger partial charge is 0.306 e. The van der Waals surface area contributed by atoms with Crippen molar-refractivity contribution in [3.63, 3.8) is 0 Å². The summed E-state index contributed by atoms with van der Waals surface area (Å²) in [5.74, 6) is -0.639. The van der Waals surface area contributed by atoms with Crippen molar-refractivity contribution < 1.29 is 24.2 Å². The Morgan fingerprint density at radius 3 is 0.953 bits per heavy atom. The second-order valence-corrected chi connectivity index (χ2v) is 16.5. The van der Waals surface area contributed by atoms with Gasteiger partial charge in [0.05, 0.1) is 6.61 Å². The number of unbranched alkanes of at least 4 members (excludes halogenated alkanes) is 15. The lowest BCUT2D eigenvalue weighted by Crippen LogP contribution is -2.28. The monoisotopic (exact) mass is 883 g/mol. The number of allylic oxidation sites excluding steroid dienone is 22. The molecular weight excluding hydrogens is 789 g/mol. The third kappa shape index (κ3) is 50.7. The van der Waals surface area contributed by atoms with E-state index in [1.807, 2.05) is 0 Å². The SMILES string of the molecule is CC/C=C\C/C=C\C/C=C\C/C=C\C/C=C\C/C=C\CCCCCCCCCCCCCCC(=O)OC(CO)COC(=O)CCCCC/C=C\C/C=C\C/C=C\C/C=C\C/C=C\CC. The topological polar surface area (TPSA) is 72.8 Å². The lowest BCUT2D eigenvalue weighted by atomic mass is 10.0. The van der Waals surface area contributed by atoms with Gasteiger partial charge in [0.2, 0.25) is 0 Å². The van der Waals surface area contributed by atoms with Crippen LogP contribution < -0.4 is 0 Å². The van der Waals surface area contributed by atoms with Crippen LogP contribution in [0.3, 0.4) is 0 Å². The van der Waals surface area contributed by atoms with Crippen molar-refractivity contribution in [3.8, 4) is 0 Å². The molecule has 0 fully saturated rings. The highest BCUT2D eigenvalue weighted by Gasteiger charge is 2.16. The van der Waals surface area contributed by atoms with Crippen LogP contribution in [0.25, 0.3) is 0 Å². The Bertz CT molecular complexity index is 1370. The zero-order chi connectivity index (χ0) is 46.3. The third-order valence-electron chi connectivity index (χ3n) is 10.4. The van der Waals surface area contributed by atoms with Crippen LogP contribution in [0.1, 0.15) is 206 Å². The van der Waals surface area contributed by atoms with Crippen molar-refractivity contribution in [2.45, 2.75) is 213 Å². The van der Waals surface area contributed by atoms with Gasteiger partial charge in [-0.3, -0.25) is 9.59 Å². The van der Waals surface area contributed by atoms with Crippen LogP contribution in [0.4, 0.5) is 0 Å². The molecule has 0 radical (unpaired) electrons. The van der Waals surface area contributed by atoms with E-state index in [4.69, 9.17) is 9.47 Å². The fraction of sp³-hybridized carbons (Fsp3) is 0.593. The third-order valence-corrected chi connectivity index (χ3v) is 10.4. The number of carbonyl (C=O) groups is 2. The molecule has 64 heavy (non-hydrogen) atoms. The van der Waals surface area contributed by atoms with Gasteiger partial charge in [-0.1, -0.05) is 218 Å². The minimum Gasteiger partial charge on any atom is -0.462 e. The molecule has 0 rings (SSSR count). The molecule has 0 spiro atoms. The van der Waals surface area contributed by atoms with Crippen LogP contribution in [0.5, 0.6) is 0 Å². The maximum Gasteiger partial charge on any atom is 0.306 e. The highest BCUT2D eigenvalue weighted by molar-refractivity contribution is 5.70. The van der Waals surface area contributed by atoms with E-state index in [0.717, 1.165) is 116 Å². The largest absolute Gasteiger partial charge is 0.462 e. The first-order chi connectivity index (χ1) is 31.6. The zero-order valence-electron chi connectivity index (χ0n) is 41.0. The predicted molar refractivity (Wildman–Crippen MR) is 278 cm³/mol. The molecule has 5 heteroatoms. The van der Waals surface area contributed by atoms with Crippen LogP contribution in [-0.4, -0.2) is 36.4 Å². The summed E-state index contributed by atoms with van der Waals surface area (Å²) in [5, 5.41) is 9.63. The summed E-state index contributed by atoms with van der Waals surface area (Å²) in [6, 6.07) is 0. The molecule has 0 aliphatic rings. The molecule has 0 saturated heterocycles. The Morgan fingerprint density at radius 2 is 0.625 bits per heavy atom. The average Bonchev–Trinajstić information content (AvgIpc) is 3.30. The molecule has 0 aromatic heterocycles. The van der Waals surface area contributed by atoms with E-state index in [9.17, 15) is 14.7 Å². The van der Waals surface area contributed by atoms with Gasteiger partial charge in [-0.05, 0) is 109 Å². The second kappa shape index (κ2) is 53.4. The Balaban J connectivity index is 3.60. The van der Waals surface area contributed by atoms with Gasteiger partial charge in [0.25, 0.3) is 0 Å². The lowest BCUT2D eigenvalue weighted by Gasteiger charge is -2.15. The van der Waals surface area contributed by atoms with E-state index >= 15 is 0 Å². The van der Waals surface area contributed by atoms with Crippen molar-refractivity contribution in [2.24, 2.45) is 0 Å². The van der Waals surface area contributed by atoms with E-state index in [-0.39, 0.29) is 25.2 Å². The lowest BCUT2D eigenvalue weighted by molar-refractivity contribution is -0.161. The Morgan fingerprint density at radius 1 is 0.359 bits per heavy atom. The minimum atomic E-state index is -0.797. The van der Waals surface area contributed by atoms with Gasteiger partial charge in [0.15, 0.2) is 6.10 Å². The Kier molecular flexibility index (Phi) is 50.1. The van der Waals surface area contributed by atoms with Gasteiger partial charge in [0.1, 0.15) is 6.61 Å². The van der Waals surface area contributed by atoms with E-state index in [0.29, 0.717) is 12.8 Å². The van der Waals surface area contributed by atoms with Gasteiger partial charge in [-0.2, -0.15) is 0 Å². The molecule has 0 heterocycles. The van der Waals surface area contributed by atoms with Crippen molar-refractivity contribution >= 4 is 11.9 Å². The normalized spacial score (nSPS) is 13.4. The standard InChI is InChI=1S/C59H94O5/c1-3-5-7-9-11-13-15-17-19-21-23-24-25-26-27-28-29-30-31-32-33-34-36-38-40-42-44-46-48-50-52-54-59(62)64-57(55-60)56-63-58(61)53-51-49-47-45-43-41-39-37-35-22-20-18-16-14-12-10-8-6-4-2/h5-8,11-14,17-20,23-24,26-27,29-30,35,37,41,43,57,60H,3-4,9-10,15-16,21-22,25,28,31-34,36,38-40,42,44-56H2,1-2H3/b7-5-,8-6-,13-11-,14-12-,19-17-,20-18-,24-23-,27-26-,30-29-,37-35-,43-41-. The van der Waals surface area contributed by atoms with Crippen molar-refractivity contribution in [2.75, 3.05) is 13.2 Å². The molecule has 360 valence electrons. The summed E-state index contributed by atoms with van der Waals surface area (Å²) >= 11 is 0. The number of carbonyl (C=O) groups excluding carboxylic acids is 2. The number of aliphatic hydroxyl groups excluding tert-OH is 1. The molecule has 1 unspecified atom stereocenters. The number of hydrogen-bond donors (Lipinski definition) is 1. The van der Waals surface area contributed by atoms with Crippen LogP contribution >= 0.6 is 0 Å². The first-order valence-electron chi connectivity index (χ1n) is 25.7. The van der Waals surface area contributed by atoms with Crippen LogP contribution in [0.15, 0.2) is 134 Å². The van der Waals surface area contributed by atoms with Crippen LogP contribution in [-0.2, 0) is 19.1 Å². The molecule has 0 aliphatic carbocycles. The molecule has 0 aliphatic heterocycles. The molecule has 0 aromatic rings. The van der Waals surface area contributed by atoms with Crippen LogP contribution in [0, 0.1) is 0 Å². The molecule has 0 amide bonds. The fourth-order valence-corrected chi connectivity index (χ4v) is 6.64. The van der Waals surface area contributed by atoms with Gasteiger partial charge in [-0.25, -0.2) is 0 Å². The maximum absolute atomic E-state index is 12.3. The van der Waals surface area contributed by atoms with E-state index < -0.39 is 6.10 Å². The number of hydrogen-bond acceptors (Lipinski definition) is 5. The molecule has 0 aromatic carbocycles. The maximum atomic E-state index is 12.3. The highest BCUT2D eigenvalue weighted by atomic mass is 16.6. The molecule has 5 nitrogen and oxygen atoms in total. The summed E-state index contributed by atoms with van der Waals surface area (Å²) in [7, 11) is 0. The fourth-order valence-electron chi connectivity index (χ4n) is 6.64. The highest BCUT2D eigenvalue weighted by Crippen LogP contribution is 2.14. The summed E-state index contributed by atoms with van der Waals surface area (Å²) < 4.78 is 10.6. The van der Waals surface area contributed by atoms with E-state index in [1.165, 1.54) is 64.2 Å². The molecular formula is C59H94O5. The zero-order valence-corrected chi connectivity index (χ0v) is 41.0. The first-order valence-corrected chi connectivity index (χ1v) is 25.7. The molecule has 1 atom stereocenters. The summed E-state index contributed by atoms with van der Waals surface area (Å²) in [6.07, 6.45) is 79.7. The van der Waals surface area contributed by atoms with Gasteiger partial charge < -0.3 is 14.6 Å². The Hall–Kier alpha value is -3.96. The summed E-state index contributed by atoms with van der Waals surface area (Å²) in [4.78, 5) is 24.4. The number of aliphatic hydroxyl groups is 1. The summed E-state index contributed by atoms with van der Waals surface area (Å²) in [6.45, 7) is 3.87. The van der Waals surface area contributed by atoms with Crippen molar-refractivity contribution in [3.05, 3.63) is 134 Å². The van der Waals surface area contributed by atoms with Gasteiger partial charge >= 0.3 is 11.9 Å². The number of esters is 2. The van der Waals surface area contributed by atoms with E-state index in [1.54, 1.807) is 0 Å². The molecule has 0 saturated carbocycles. The summed E-state index contributed by atoms with van der Waals surface area (Å²) in [5.41, 5.74) is 0. The van der Waals surface area contributed by atoms with E-state index in [2.05, 4.69) is 148 Å². The molecule has 0 bridgehead atoms. The first kappa shape index (κ1) is 60.0. The predicted octanol–water partition coefficient (Wildman–Crippen LogP) is 17.3. The van der Waals surface area contributed by atoms with Gasteiger partial charge in [-0.15, -0.1) is 0 Å². The second-order valence-electron chi connectivity index (χ2n) is 16.5. The van der Waals surface area contributed by atoms with Crippen LogP contribution in [0.2, 0.25) is 0 Å². The van der Waals surface area contributed by atoms with Crippen molar-refractivity contribution in [1.29, 1.82) is 0 Å².